The molecule has 1 aromatic carbocycles. The van der Waals surface area contributed by atoms with Gasteiger partial charge in [0, 0.05) is 23.4 Å². The lowest BCUT2D eigenvalue weighted by Crippen LogP contribution is -2.17. The molecule has 0 radical (unpaired) electrons. The van der Waals surface area contributed by atoms with Crippen LogP contribution in [-0.4, -0.2) is 18.6 Å². The van der Waals surface area contributed by atoms with Gasteiger partial charge in [0.1, 0.15) is 0 Å². The lowest BCUT2D eigenvalue weighted by atomic mass is 10.2. The third kappa shape index (κ3) is 4.04. The molecule has 1 heterocycles. The Morgan fingerprint density at radius 2 is 2.20 bits per heavy atom. The maximum atomic E-state index is 4.52. The summed E-state index contributed by atoms with van der Waals surface area (Å²) in [4.78, 5) is 6.73. The molecule has 0 fully saturated rings. The zero-order valence-corrected chi connectivity index (χ0v) is 14.5. The van der Waals surface area contributed by atoms with Crippen LogP contribution in [0.15, 0.2) is 28.1 Å². The molecule has 5 heteroatoms. The summed E-state index contributed by atoms with van der Waals surface area (Å²) < 4.78 is 1.13. The molecule has 0 saturated carbocycles. The average Bonchev–Trinajstić information content (AvgIpc) is 2.81. The fourth-order valence-electron chi connectivity index (χ4n) is 2.05. The number of aryl methyl sites for hydroxylation is 1. The zero-order valence-electron chi connectivity index (χ0n) is 12.1. The Hall–Kier alpha value is -0.910. The molecule has 2 rings (SSSR count). The first-order valence-electron chi connectivity index (χ1n) is 6.71. The van der Waals surface area contributed by atoms with Crippen molar-refractivity contribution in [3.63, 3.8) is 0 Å². The van der Waals surface area contributed by atoms with E-state index in [1.807, 2.05) is 6.92 Å². The Morgan fingerprint density at radius 3 is 2.80 bits per heavy atom. The average molecular weight is 354 g/mol. The number of halogens is 1. The van der Waals surface area contributed by atoms with Crippen molar-refractivity contribution in [2.24, 2.45) is 0 Å². The van der Waals surface area contributed by atoms with E-state index in [1.54, 1.807) is 11.3 Å². The summed E-state index contributed by atoms with van der Waals surface area (Å²) in [5.41, 5.74) is 3.61. The zero-order chi connectivity index (χ0) is 14.5. The highest BCUT2D eigenvalue weighted by Crippen LogP contribution is 2.27. The molecular weight excluding hydrogens is 334 g/mol. The molecule has 1 aromatic heterocycles. The van der Waals surface area contributed by atoms with Gasteiger partial charge in [0.2, 0.25) is 0 Å². The van der Waals surface area contributed by atoms with Crippen LogP contribution < -0.4 is 10.2 Å². The number of thiazole rings is 1. The molecular formula is C15H20BrN3S. The fraction of sp³-hybridized carbons (Fsp3) is 0.400. The van der Waals surface area contributed by atoms with E-state index in [-0.39, 0.29) is 0 Å². The van der Waals surface area contributed by atoms with E-state index in [0.29, 0.717) is 0 Å². The van der Waals surface area contributed by atoms with Crippen molar-refractivity contribution in [2.75, 3.05) is 18.5 Å². The van der Waals surface area contributed by atoms with Gasteiger partial charge >= 0.3 is 0 Å². The van der Waals surface area contributed by atoms with Crippen molar-refractivity contribution >= 4 is 33.0 Å². The number of nitrogens with one attached hydrogen (secondary N) is 1. The summed E-state index contributed by atoms with van der Waals surface area (Å²) in [5, 5.41) is 6.58. The highest BCUT2D eigenvalue weighted by Gasteiger charge is 2.09. The van der Waals surface area contributed by atoms with Gasteiger partial charge in [-0.1, -0.05) is 13.0 Å². The standard InChI is InChI=1S/C15H20BrN3S/c1-4-17-8-12-5-6-15(14(16)7-12)19(3)9-13-10-20-11(2)18-13/h5-7,10,17H,4,8-9H2,1-3H3. The maximum absolute atomic E-state index is 4.52. The quantitative estimate of drug-likeness (QED) is 0.851. The summed E-state index contributed by atoms with van der Waals surface area (Å²) in [6.07, 6.45) is 0. The first-order chi connectivity index (χ1) is 9.60. The first-order valence-corrected chi connectivity index (χ1v) is 8.38. The highest BCUT2D eigenvalue weighted by molar-refractivity contribution is 9.10. The van der Waals surface area contributed by atoms with Gasteiger partial charge in [0.25, 0.3) is 0 Å². The van der Waals surface area contributed by atoms with Crippen molar-refractivity contribution in [1.29, 1.82) is 0 Å². The number of anilines is 1. The van der Waals surface area contributed by atoms with Gasteiger partial charge in [-0.25, -0.2) is 4.98 Å². The second kappa shape index (κ2) is 7.20. The van der Waals surface area contributed by atoms with Crippen molar-refractivity contribution in [3.05, 3.63) is 44.3 Å². The van der Waals surface area contributed by atoms with E-state index >= 15 is 0 Å². The summed E-state index contributed by atoms with van der Waals surface area (Å²) in [6, 6.07) is 6.52. The molecule has 0 aliphatic carbocycles. The number of hydrogen-bond donors (Lipinski definition) is 1. The van der Waals surface area contributed by atoms with Crippen molar-refractivity contribution in [3.8, 4) is 0 Å². The van der Waals surface area contributed by atoms with E-state index in [0.717, 1.165) is 34.8 Å². The molecule has 20 heavy (non-hydrogen) atoms. The minimum absolute atomic E-state index is 0.829. The lowest BCUT2D eigenvalue weighted by Gasteiger charge is -2.20. The van der Waals surface area contributed by atoms with Crippen LogP contribution in [0.1, 0.15) is 23.2 Å². The SMILES string of the molecule is CCNCc1ccc(N(C)Cc2csc(C)n2)c(Br)c1. The predicted molar refractivity (Wildman–Crippen MR) is 90.5 cm³/mol. The van der Waals surface area contributed by atoms with Crippen LogP contribution in [0.4, 0.5) is 5.69 Å². The normalized spacial score (nSPS) is 10.8. The molecule has 0 aliphatic heterocycles. The number of hydrogen-bond acceptors (Lipinski definition) is 4. The molecule has 0 aliphatic rings. The topological polar surface area (TPSA) is 28.2 Å². The Kier molecular flexibility index (Phi) is 5.57. The van der Waals surface area contributed by atoms with Crippen LogP contribution in [0.25, 0.3) is 0 Å². The van der Waals surface area contributed by atoms with Crippen molar-refractivity contribution in [1.82, 2.24) is 10.3 Å². The maximum Gasteiger partial charge on any atom is 0.0898 e. The van der Waals surface area contributed by atoms with E-state index in [2.05, 4.69) is 68.7 Å². The van der Waals surface area contributed by atoms with Gasteiger partial charge in [-0.3, -0.25) is 0 Å². The van der Waals surface area contributed by atoms with Gasteiger partial charge in [-0.2, -0.15) is 0 Å². The van der Waals surface area contributed by atoms with E-state index in [9.17, 15) is 0 Å². The Labute approximate surface area is 133 Å². The number of benzene rings is 1. The third-order valence-electron chi connectivity index (χ3n) is 3.07. The predicted octanol–water partition coefficient (Wildman–Crippen LogP) is 3.96. The van der Waals surface area contributed by atoms with E-state index in [4.69, 9.17) is 0 Å². The Balaban J connectivity index is 2.07. The van der Waals surface area contributed by atoms with Gasteiger partial charge in [-0.05, 0) is 47.1 Å². The van der Waals surface area contributed by atoms with Gasteiger partial charge in [0.05, 0.1) is 22.9 Å². The van der Waals surface area contributed by atoms with Gasteiger partial charge in [-0.15, -0.1) is 11.3 Å². The summed E-state index contributed by atoms with van der Waals surface area (Å²) >= 11 is 5.37. The number of aromatic nitrogens is 1. The summed E-state index contributed by atoms with van der Waals surface area (Å²) in [5.74, 6) is 0. The van der Waals surface area contributed by atoms with Gasteiger partial charge < -0.3 is 10.2 Å². The number of rotatable bonds is 6. The second-order valence-electron chi connectivity index (χ2n) is 4.78. The molecule has 0 bridgehead atoms. The minimum atomic E-state index is 0.829. The number of nitrogens with zero attached hydrogens (tertiary/aromatic N) is 2. The molecule has 0 atom stereocenters. The molecule has 0 amide bonds. The highest BCUT2D eigenvalue weighted by atomic mass is 79.9. The van der Waals surface area contributed by atoms with Crippen molar-refractivity contribution in [2.45, 2.75) is 26.9 Å². The molecule has 0 unspecified atom stereocenters. The van der Waals surface area contributed by atoms with Crippen LogP contribution in [0, 0.1) is 6.92 Å². The van der Waals surface area contributed by atoms with E-state index in [1.165, 1.54) is 11.3 Å². The molecule has 0 spiro atoms. The van der Waals surface area contributed by atoms with Crippen LogP contribution in [0.3, 0.4) is 0 Å². The van der Waals surface area contributed by atoms with Crippen LogP contribution in [0.2, 0.25) is 0 Å². The fourth-order valence-corrected chi connectivity index (χ4v) is 3.38. The lowest BCUT2D eigenvalue weighted by molar-refractivity contribution is 0.726. The summed E-state index contributed by atoms with van der Waals surface area (Å²) in [7, 11) is 2.10. The summed E-state index contributed by atoms with van der Waals surface area (Å²) in [6.45, 7) is 6.88. The first kappa shape index (κ1) is 15.5. The molecule has 0 saturated heterocycles. The third-order valence-corrected chi connectivity index (χ3v) is 4.53. The molecule has 3 nitrogen and oxygen atoms in total. The van der Waals surface area contributed by atoms with E-state index < -0.39 is 0 Å². The molecule has 2 aromatic rings. The Morgan fingerprint density at radius 1 is 1.40 bits per heavy atom. The minimum Gasteiger partial charge on any atom is -0.368 e. The van der Waals surface area contributed by atoms with Crippen LogP contribution in [-0.2, 0) is 13.1 Å². The monoisotopic (exact) mass is 353 g/mol. The second-order valence-corrected chi connectivity index (χ2v) is 6.70. The van der Waals surface area contributed by atoms with Gasteiger partial charge in [0.15, 0.2) is 0 Å². The largest absolute Gasteiger partial charge is 0.368 e. The van der Waals surface area contributed by atoms with Crippen LogP contribution in [0.5, 0.6) is 0 Å². The van der Waals surface area contributed by atoms with Crippen LogP contribution >= 0.6 is 27.3 Å². The molecule has 108 valence electrons. The molecule has 1 N–H and O–H groups in total. The smallest absolute Gasteiger partial charge is 0.0898 e. The Bertz CT molecular complexity index is 568. The van der Waals surface area contributed by atoms with Crippen molar-refractivity contribution < 1.29 is 0 Å².